The van der Waals surface area contributed by atoms with E-state index in [-0.39, 0.29) is 12.3 Å². The Balaban J connectivity index is 1.66. The number of carbonyl (C=O) groups excluding carboxylic acids is 2. The van der Waals surface area contributed by atoms with Crippen LogP contribution >= 0.6 is 23.4 Å². The number of aliphatic imine (C=N–C) groups is 1. The fourth-order valence-corrected chi connectivity index (χ4v) is 5.89. The summed E-state index contributed by atoms with van der Waals surface area (Å²) in [5.41, 5.74) is 2.63. The molecule has 1 amide bonds. The minimum absolute atomic E-state index is 0.0776. The lowest BCUT2D eigenvalue weighted by Crippen LogP contribution is -2.41. The van der Waals surface area contributed by atoms with Gasteiger partial charge in [-0.1, -0.05) is 60.8 Å². The van der Waals surface area contributed by atoms with Crippen molar-refractivity contribution in [2.24, 2.45) is 4.99 Å². The molecule has 0 radical (unpaired) electrons. The van der Waals surface area contributed by atoms with Crippen molar-refractivity contribution in [3.8, 4) is 0 Å². The molecule has 0 N–H and O–H groups in total. The number of nitrogens with zero attached hydrogens (tertiary/aromatic N) is 3. The zero-order valence-corrected chi connectivity index (χ0v) is 20.2. The number of halogens is 1. The minimum atomic E-state index is -0.502. The van der Waals surface area contributed by atoms with Crippen molar-refractivity contribution in [1.29, 1.82) is 0 Å². The van der Waals surface area contributed by atoms with E-state index >= 15 is 0 Å². The number of thioether (sulfide) groups is 1. The summed E-state index contributed by atoms with van der Waals surface area (Å²) in [4.78, 5) is 34.5. The first-order valence-electron chi connectivity index (χ1n) is 10.9. The Labute approximate surface area is 198 Å². The Kier molecular flexibility index (Phi) is 6.96. The SMILES string of the molecule is COC(=O)C1=C(C)N=C2SC=C(CC(=O)N(C)C3CCCCC3)N2C1c1ccccc1Cl. The molecule has 8 heteroatoms. The van der Waals surface area contributed by atoms with Crippen LogP contribution in [-0.2, 0) is 14.3 Å². The number of esters is 1. The van der Waals surface area contributed by atoms with Gasteiger partial charge in [0.2, 0.25) is 5.91 Å². The highest BCUT2D eigenvalue weighted by Gasteiger charge is 2.42. The van der Waals surface area contributed by atoms with Crippen molar-refractivity contribution >= 4 is 40.4 Å². The van der Waals surface area contributed by atoms with Crippen molar-refractivity contribution in [3.05, 3.63) is 57.2 Å². The second-order valence-electron chi connectivity index (χ2n) is 8.38. The summed E-state index contributed by atoms with van der Waals surface area (Å²) in [6.07, 6.45) is 5.95. The van der Waals surface area contributed by atoms with E-state index in [1.54, 1.807) is 13.0 Å². The smallest absolute Gasteiger partial charge is 0.338 e. The molecule has 0 saturated heterocycles. The van der Waals surface area contributed by atoms with Crippen LogP contribution in [-0.4, -0.2) is 47.0 Å². The number of amides is 1. The standard InChI is InChI=1S/C24H28ClN3O3S/c1-15-21(23(30)31-3)22(18-11-7-8-12-19(18)25)28-17(14-32-24(28)26-15)13-20(29)27(2)16-9-5-4-6-10-16/h7-8,11-12,14,16,22H,4-6,9-10,13H2,1-3H3. The molecule has 0 spiro atoms. The number of benzene rings is 1. The Hall–Kier alpha value is -2.25. The number of methoxy groups -OCH3 is 1. The van der Waals surface area contributed by atoms with E-state index in [0.29, 0.717) is 22.3 Å². The molecule has 1 aromatic carbocycles. The molecule has 170 valence electrons. The van der Waals surface area contributed by atoms with Crippen LogP contribution in [0.25, 0.3) is 0 Å². The highest BCUT2D eigenvalue weighted by molar-refractivity contribution is 8.16. The topological polar surface area (TPSA) is 62.2 Å². The number of fused-ring (bicyclic) bond motifs is 1. The highest BCUT2D eigenvalue weighted by atomic mass is 35.5. The average Bonchev–Trinajstić information content (AvgIpc) is 3.20. The summed E-state index contributed by atoms with van der Waals surface area (Å²) in [6, 6.07) is 7.26. The molecule has 1 atom stereocenters. The molecule has 4 rings (SSSR count). The molecular weight excluding hydrogens is 446 g/mol. The number of ether oxygens (including phenoxy) is 1. The third-order valence-electron chi connectivity index (χ3n) is 6.45. The van der Waals surface area contributed by atoms with Crippen LogP contribution in [0.15, 0.2) is 51.6 Å². The molecule has 2 heterocycles. The van der Waals surface area contributed by atoms with Crippen molar-refractivity contribution in [3.63, 3.8) is 0 Å². The fourth-order valence-electron chi connectivity index (χ4n) is 4.68. The predicted octanol–water partition coefficient (Wildman–Crippen LogP) is 5.27. The quantitative estimate of drug-likeness (QED) is 0.545. The normalized spacial score (nSPS) is 21.1. The maximum absolute atomic E-state index is 13.2. The molecule has 1 fully saturated rings. The average molecular weight is 474 g/mol. The van der Waals surface area contributed by atoms with Gasteiger partial charge in [0, 0.05) is 23.8 Å². The number of hydrogen-bond donors (Lipinski definition) is 0. The van der Waals surface area contributed by atoms with E-state index in [1.807, 2.05) is 40.5 Å². The molecule has 1 aliphatic carbocycles. The van der Waals surface area contributed by atoms with E-state index < -0.39 is 12.0 Å². The maximum Gasteiger partial charge on any atom is 0.338 e. The Morgan fingerprint density at radius 3 is 2.66 bits per heavy atom. The monoisotopic (exact) mass is 473 g/mol. The number of hydrogen-bond acceptors (Lipinski definition) is 6. The van der Waals surface area contributed by atoms with Gasteiger partial charge in [0.05, 0.1) is 30.8 Å². The van der Waals surface area contributed by atoms with Crippen LogP contribution in [0.4, 0.5) is 0 Å². The molecule has 0 bridgehead atoms. The van der Waals surface area contributed by atoms with E-state index in [2.05, 4.69) is 4.99 Å². The van der Waals surface area contributed by atoms with Gasteiger partial charge in [0.1, 0.15) is 0 Å². The van der Waals surface area contributed by atoms with E-state index in [0.717, 1.165) is 29.3 Å². The number of amidine groups is 1. The van der Waals surface area contributed by atoms with Crippen molar-refractivity contribution in [1.82, 2.24) is 9.80 Å². The predicted molar refractivity (Wildman–Crippen MR) is 128 cm³/mol. The van der Waals surface area contributed by atoms with Gasteiger partial charge in [0.25, 0.3) is 0 Å². The molecular formula is C24H28ClN3O3S. The van der Waals surface area contributed by atoms with E-state index in [4.69, 9.17) is 16.3 Å². The third-order valence-corrected chi connectivity index (χ3v) is 7.69. The molecule has 3 aliphatic rings. The molecule has 1 saturated carbocycles. The van der Waals surface area contributed by atoms with Gasteiger partial charge < -0.3 is 14.5 Å². The fraction of sp³-hybridized carbons (Fsp3) is 0.458. The van der Waals surface area contributed by atoms with Crippen molar-refractivity contribution in [2.45, 2.75) is 57.5 Å². The van der Waals surface area contributed by atoms with Crippen LogP contribution < -0.4 is 0 Å². The first-order valence-corrected chi connectivity index (χ1v) is 12.2. The van der Waals surface area contributed by atoms with E-state index in [1.165, 1.54) is 38.1 Å². The summed E-state index contributed by atoms with van der Waals surface area (Å²) in [5.74, 6) is -0.370. The van der Waals surface area contributed by atoms with Gasteiger partial charge in [-0.05, 0) is 36.8 Å². The highest BCUT2D eigenvalue weighted by Crippen LogP contribution is 2.46. The summed E-state index contributed by atoms with van der Waals surface area (Å²) in [5, 5.41) is 3.25. The van der Waals surface area contributed by atoms with Crippen LogP contribution in [0.1, 0.15) is 57.1 Å². The Bertz CT molecular complexity index is 1010. The second-order valence-corrected chi connectivity index (χ2v) is 9.62. The number of rotatable bonds is 5. The molecule has 1 unspecified atom stereocenters. The van der Waals surface area contributed by atoms with Gasteiger partial charge in [-0.15, -0.1) is 0 Å². The lowest BCUT2D eigenvalue weighted by atomic mass is 9.93. The van der Waals surface area contributed by atoms with Crippen LogP contribution in [0.5, 0.6) is 0 Å². The molecule has 0 aromatic heterocycles. The Morgan fingerprint density at radius 1 is 1.25 bits per heavy atom. The van der Waals surface area contributed by atoms with Gasteiger partial charge >= 0.3 is 5.97 Å². The summed E-state index contributed by atoms with van der Waals surface area (Å²) >= 11 is 8.04. The number of carbonyl (C=O) groups is 2. The molecule has 6 nitrogen and oxygen atoms in total. The molecule has 32 heavy (non-hydrogen) atoms. The molecule has 2 aliphatic heterocycles. The van der Waals surface area contributed by atoms with Gasteiger partial charge in [0.15, 0.2) is 5.17 Å². The van der Waals surface area contributed by atoms with Crippen molar-refractivity contribution in [2.75, 3.05) is 14.2 Å². The largest absolute Gasteiger partial charge is 0.466 e. The summed E-state index contributed by atoms with van der Waals surface area (Å²) in [7, 11) is 3.27. The van der Waals surface area contributed by atoms with Crippen LogP contribution in [0.3, 0.4) is 0 Å². The maximum atomic E-state index is 13.2. The molecule has 1 aromatic rings. The zero-order valence-electron chi connectivity index (χ0n) is 18.6. The van der Waals surface area contributed by atoms with Gasteiger partial charge in [-0.2, -0.15) is 0 Å². The van der Waals surface area contributed by atoms with Crippen molar-refractivity contribution < 1.29 is 14.3 Å². The lowest BCUT2D eigenvalue weighted by molar-refractivity contribution is -0.136. The Morgan fingerprint density at radius 2 is 1.97 bits per heavy atom. The van der Waals surface area contributed by atoms with Crippen LogP contribution in [0.2, 0.25) is 5.02 Å². The first-order chi connectivity index (χ1) is 15.4. The third kappa shape index (κ3) is 4.33. The lowest BCUT2D eigenvalue weighted by Gasteiger charge is -2.37. The zero-order chi connectivity index (χ0) is 22.8. The number of allylic oxidation sites excluding steroid dienone is 1. The summed E-state index contributed by atoms with van der Waals surface area (Å²) < 4.78 is 5.10. The minimum Gasteiger partial charge on any atom is -0.466 e. The second kappa shape index (κ2) is 9.71. The summed E-state index contributed by atoms with van der Waals surface area (Å²) in [6.45, 7) is 1.81. The van der Waals surface area contributed by atoms with Gasteiger partial charge in [-0.25, -0.2) is 9.79 Å². The van der Waals surface area contributed by atoms with Gasteiger partial charge in [-0.3, -0.25) is 4.79 Å². The first kappa shape index (κ1) is 22.9. The van der Waals surface area contributed by atoms with Crippen LogP contribution in [0, 0.1) is 0 Å². The van der Waals surface area contributed by atoms with E-state index in [9.17, 15) is 9.59 Å².